The number of nitrogens with two attached hydrogens (primary N) is 1. The molecule has 0 aromatic rings. The number of carbonyl (C=O) groups excluding carboxylic acids is 1. The van der Waals surface area contributed by atoms with E-state index in [9.17, 15) is 19.4 Å². The molecule has 0 aliphatic rings. The molecule has 3 unspecified atom stereocenters. The molecule has 0 aliphatic heterocycles. The molecule has 8 nitrogen and oxygen atoms in total. The number of phosphoric ester groups is 1. The summed E-state index contributed by atoms with van der Waals surface area (Å²) in [6.45, 7) is 4.08. The number of phosphoric acid groups is 1. The van der Waals surface area contributed by atoms with Gasteiger partial charge in [0.2, 0.25) is 5.91 Å². The molecule has 0 saturated heterocycles. The summed E-state index contributed by atoms with van der Waals surface area (Å²) < 4.78 is 22.0. The first-order valence-corrected chi connectivity index (χ1v) is 21.1. The van der Waals surface area contributed by atoms with Crippen LogP contribution in [-0.2, 0) is 18.4 Å². The number of allylic oxidation sites excluding steroid dienone is 5. The van der Waals surface area contributed by atoms with E-state index in [0.29, 0.717) is 6.42 Å². The van der Waals surface area contributed by atoms with Crippen molar-refractivity contribution in [3.63, 3.8) is 0 Å². The van der Waals surface area contributed by atoms with Crippen LogP contribution in [0.4, 0.5) is 0 Å². The highest BCUT2D eigenvalue weighted by atomic mass is 31.2. The molecule has 1 amide bonds. The number of aliphatic hydroxyl groups excluding tert-OH is 1. The zero-order chi connectivity index (χ0) is 35.4. The molecule has 0 bridgehead atoms. The van der Waals surface area contributed by atoms with Crippen molar-refractivity contribution in [3.05, 3.63) is 36.5 Å². The number of aliphatic hydroxyl groups is 1. The van der Waals surface area contributed by atoms with E-state index in [1.54, 1.807) is 6.08 Å². The Kier molecular flexibility index (Phi) is 34.6. The van der Waals surface area contributed by atoms with E-state index in [-0.39, 0.29) is 25.7 Å². The van der Waals surface area contributed by atoms with Crippen LogP contribution in [0.25, 0.3) is 0 Å². The van der Waals surface area contributed by atoms with Crippen LogP contribution in [0.2, 0.25) is 0 Å². The minimum absolute atomic E-state index is 0.0724. The Labute approximate surface area is 295 Å². The summed E-state index contributed by atoms with van der Waals surface area (Å²) in [5, 5.41) is 13.6. The number of hydrogen-bond acceptors (Lipinski definition) is 6. The Bertz CT molecular complexity index is 850. The molecular formula is C39H75N2O6P. The lowest BCUT2D eigenvalue weighted by Crippen LogP contribution is -2.45. The average molecular weight is 699 g/mol. The summed E-state index contributed by atoms with van der Waals surface area (Å²) in [5.74, 6) is -0.215. The summed E-state index contributed by atoms with van der Waals surface area (Å²) in [7, 11) is -4.34. The maximum absolute atomic E-state index is 12.7. The Morgan fingerprint density at radius 2 is 1.10 bits per heavy atom. The van der Waals surface area contributed by atoms with E-state index in [4.69, 9.17) is 14.8 Å². The Morgan fingerprint density at radius 1 is 0.667 bits per heavy atom. The third-order valence-electron chi connectivity index (χ3n) is 8.44. The van der Waals surface area contributed by atoms with Gasteiger partial charge in [-0.3, -0.25) is 13.8 Å². The quantitative estimate of drug-likeness (QED) is 0.0291. The Hall–Kier alpha value is -1.28. The van der Waals surface area contributed by atoms with Gasteiger partial charge in [0.25, 0.3) is 0 Å². The highest BCUT2D eigenvalue weighted by Crippen LogP contribution is 2.43. The third-order valence-corrected chi connectivity index (χ3v) is 9.42. The second-order valence-corrected chi connectivity index (χ2v) is 14.6. The van der Waals surface area contributed by atoms with Crippen molar-refractivity contribution >= 4 is 13.7 Å². The van der Waals surface area contributed by atoms with Gasteiger partial charge in [-0.25, -0.2) is 4.57 Å². The first-order chi connectivity index (χ1) is 23.4. The lowest BCUT2D eigenvalue weighted by atomic mass is 10.1. The number of rotatable bonds is 36. The van der Waals surface area contributed by atoms with Gasteiger partial charge in [0, 0.05) is 13.0 Å². The number of carbonyl (C=O) groups is 1. The van der Waals surface area contributed by atoms with Gasteiger partial charge in [-0.2, -0.15) is 0 Å². The van der Waals surface area contributed by atoms with Gasteiger partial charge in [-0.05, 0) is 57.8 Å². The number of hydrogen-bond donors (Lipinski definition) is 4. The van der Waals surface area contributed by atoms with E-state index in [0.717, 1.165) is 51.4 Å². The van der Waals surface area contributed by atoms with Gasteiger partial charge >= 0.3 is 7.82 Å². The molecule has 0 rings (SSSR count). The van der Waals surface area contributed by atoms with Crippen molar-refractivity contribution in [2.24, 2.45) is 5.73 Å². The molecule has 48 heavy (non-hydrogen) atoms. The minimum Gasteiger partial charge on any atom is -0.387 e. The van der Waals surface area contributed by atoms with Crippen molar-refractivity contribution in [3.8, 4) is 0 Å². The van der Waals surface area contributed by atoms with Crippen molar-refractivity contribution < 1.29 is 28.4 Å². The Balaban J connectivity index is 4.36. The number of nitrogens with one attached hydrogen (secondary N) is 1. The molecule has 0 saturated carbocycles. The molecule has 0 radical (unpaired) electrons. The van der Waals surface area contributed by atoms with Crippen LogP contribution in [0.15, 0.2) is 36.5 Å². The normalized spacial score (nSPS) is 14.7. The van der Waals surface area contributed by atoms with Crippen LogP contribution in [0.1, 0.15) is 174 Å². The molecule has 3 atom stereocenters. The van der Waals surface area contributed by atoms with Gasteiger partial charge in [-0.1, -0.05) is 147 Å². The average Bonchev–Trinajstić information content (AvgIpc) is 3.07. The van der Waals surface area contributed by atoms with Crippen LogP contribution >= 0.6 is 7.82 Å². The van der Waals surface area contributed by atoms with Crippen molar-refractivity contribution in [2.45, 2.75) is 187 Å². The molecular weight excluding hydrogens is 623 g/mol. The fourth-order valence-corrected chi connectivity index (χ4v) is 6.19. The van der Waals surface area contributed by atoms with Crippen LogP contribution in [0, 0.1) is 0 Å². The lowest BCUT2D eigenvalue weighted by molar-refractivity contribution is -0.123. The number of unbranched alkanes of at least 4 members (excludes halogenated alkanes) is 20. The second-order valence-electron chi connectivity index (χ2n) is 13.1. The molecule has 0 fully saturated rings. The van der Waals surface area contributed by atoms with E-state index in [2.05, 4.69) is 43.5 Å². The van der Waals surface area contributed by atoms with E-state index >= 15 is 0 Å². The second kappa shape index (κ2) is 35.5. The van der Waals surface area contributed by atoms with Gasteiger partial charge in [0.15, 0.2) is 0 Å². The maximum Gasteiger partial charge on any atom is 0.472 e. The van der Waals surface area contributed by atoms with Gasteiger partial charge in [0.1, 0.15) is 0 Å². The minimum atomic E-state index is -4.34. The maximum atomic E-state index is 12.7. The smallest absolute Gasteiger partial charge is 0.387 e. The largest absolute Gasteiger partial charge is 0.472 e. The first-order valence-electron chi connectivity index (χ1n) is 19.6. The fourth-order valence-electron chi connectivity index (χ4n) is 5.43. The van der Waals surface area contributed by atoms with Crippen molar-refractivity contribution in [1.82, 2.24) is 5.32 Å². The summed E-state index contributed by atoms with van der Waals surface area (Å²) in [4.78, 5) is 22.6. The van der Waals surface area contributed by atoms with E-state index in [1.165, 1.54) is 103 Å². The number of amides is 1. The van der Waals surface area contributed by atoms with Gasteiger partial charge in [-0.15, -0.1) is 0 Å². The Morgan fingerprint density at radius 3 is 1.60 bits per heavy atom. The zero-order valence-electron chi connectivity index (χ0n) is 31.0. The van der Waals surface area contributed by atoms with Crippen molar-refractivity contribution in [2.75, 3.05) is 19.8 Å². The van der Waals surface area contributed by atoms with Gasteiger partial charge in [0.05, 0.1) is 25.4 Å². The monoisotopic (exact) mass is 699 g/mol. The zero-order valence-corrected chi connectivity index (χ0v) is 31.9. The molecule has 0 aliphatic carbocycles. The molecule has 9 heteroatoms. The SMILES string of the molecule is CCCCCCCC/C=C\CCCCCCCC(=O)NC(COP(=O)(O)OCCN)C(O)/C=C/CC/C=C/CCCCCCCCCC. The molecule has 0 heterocycles. The van der Waals surface area contributed by atoms with Crippen LogP contribution < -0.4 is 11.1 Å². The van der Waals surface area contributed by atoms with Crippen LogP contribution in [0.3, 0.4) is 0 Å². The summed E-state index contributed by atoms with van der Waals surface area (Å²) >= 11 is 0. The molecule has 0 aromatic heterocycles. The molecule has 282 valence electrons. The lowest BCUT2D eigenvalue weighted by Gasteiger charge is -2.23. The van der Waals surface area contributed by atoms with Crippen molar-refractivity contribution in [1.29, 1.82) is 0 Å². The standard InChI is InChI=1S/C39H75N2O6P/c1-3-5-7-9-11-13-15-17-19-21-23-25-27-29-31-33-39(43)41-37(36-47-48(44,45)46-35-34-40)38(42)32-30-28-26-24-22-20-18-16-14-12-10-8-6-4-2/h17,19,22,24,30,32,37-38,42H,3-16,18,20-21,23,25-29,31,33-36,40H2,1-2H3,(H,41,43)(H,44,45)/b19-17-,24-22+,32-30+. The predicted molar refractivity (Wildman–Crippen MR) is 203 cm³/mol. The topological polar surface area (TPSA) is 131 Å². The molecule has 0 aromatic carbocycles. The molecule has 5 N–H and O–H groups in total. The first kappa shape index (κ1) is 46.7. The summed E-state index contributed by atoms with van der Waals surface area (Å²) in [6.07, 6.45) is 40.4. The highest BCUT2D eigenvalue weighted by molar-refractivity contribution is 7.47. The fraction of sp³-hybridized carbons (Fsp3) is 0.821. The summed E-state index contributed by atoms with van der Waals surface area (Å²) in [5.41, 5.74) is 5.35. The van der Waals surface area contributed by atoms with Gasteiger partial charge < -0.3 is 21.1 Å². The predicted octanol–water partition coefficient (Wildman–Crippen LogP) is 10.4. The summed E-state index contributed by atoms with van der Waals surface area (Å²) in [6, 6.07) is -0.878. The molecule has 0 spiro atoms. The van der Waals surface area contributed by atoms with Crippen LogP contribution in [0.5, 0.6) is 0 Å². The van der Waals surface area contributed by atoms with E-state index < -0.39 is 20.0 Å². The third kappa shape index (κ3) is 33.2. The van der Waals surface area contributed by atoms with E-state index in [1.807, 2.05) is 6.08 Å². The highest BCUT2D eigenvalue weighted by Gasteiger charge is 2.26. The van der Waals surface area contributed by atoms with Crippen LogP contribution in [-0.4, -0.2) is 47.8 Å².